The Bertz CT molecular complexity index is 662. The maximum Gasteiger partial charge on any atom is 0.124 e. The van der Waals surface area contributed by atoms with E-state index in [2.05, 4.69) is 57.3 Å². The van der Waals surface area contributed by atoms with Gasteiger partial charge in [-0.2, -0.15) is 0 Å². The van der Waals surface area contributed by atoms with E-state index in [9.17, 15) is 0 Å². The van der Waals surface area contributed by atoms with E-state index in [1.165, 1.54) is 30.5 Å². The summed E-state index contributed by atoms with van der Waals surface area (Å²) in [6.45, 7) is 7.11. The number of hydrogen-bond acceptors (Lipinski definition) is 3. The quantitative estimate of drug-likeness (QED) is 0.697. The molecule has 3 rings (SSSR count). The van der Waals surface area contributed by atoms with Gasteiger partial charge in [0.1, 0.15) is 12.4 Å². The topological polar surface area (TPSA) is 24.5 Å². The first-order valence-corrected chi connectivity index (χ1v) is 9.95. The Balaban J connectivity index is 1.57. The second-order valence-electron chi connectivity index (χ2n) is 6.58. The van der Waals surface area contributed by atoms with E-state index in [4.69, 9.17) is 4.74 Å². The number of ether oxygens (including phenoxy) is 1. The van der Waals surface area contributed by atoms with Crippen molar-refractivity contribution in [2.45, 2.75) is 39.0 Å². The molecule has 0 unspecified atom stereocenters. The largest absolute Gasteiger partial charge is 0.489 e. The Morgan fingerprint density at radius 1 is 1.20 bits per heavy atom. The van der Waals surface area contributed by atoms with E-state index in [1.807, 2.05) is 24.3 Å². The molecular formula is C21H27BrN2O. The van der Waals surface area contributed by atoms with Crippen LogP contribution in [0.1, 0.15) is 30.9 Å². The summed E-state index contributed by atoms with van der Waals surface area (Å²) in [6.07, 6.45) is 2.62. The zero-order valence-electron chi connectivity index (χ0n) is 14.9. The van der Waals surface area contributed by atoms with Crippen molar-refractivity contribution in [1.29, 1.82) is 0 Å². The van der Waals surface area contributed by atoms with Crippen molar-refractivity contribution < 1.29 is 4.74 Å². The molecule has 1 atom stereocenters. The minimum absolute atomic E-state index is 0.599. The number of likely N-dealkylation sites (tertiary alicyclic amines) is 1. The highest BCUT2D eigenvalue weighted by Crippen LogP contribution is 2.24. The molecule has 0 saturated carbocycles. The van der Waals surface area contributed by atoms with Crippen LogP contribution in [-0.4, -0.2) is 30.6 Å². The van der Waals surface area contributed by atoms with Crippen molar-refractivity contribution in [1.82, 2.24) is 10.2 Å². The van der Waals surface area contributed by atoms with Crippen LogP contribution in [0.4, 0.5) is 0 Å². The lowest BCUT2D eigenvalue weighted by Gasteiger charge is -2.23. The summed E-state index contributed by atoms with van der Waals surface area (Å²) in [5.41, 5.74) is 2.39. The molecule has 0 bridgehead atoms. The summed E-state index contributed by atoms with van der Waals surface area (Å²) in [5, 5.41) is 3.63. The van der Waals surface area contributed by atoms with Crippen LogP contribution in [-0.2, 0) is 13.2 Å². The van der Waals surface area contributed by atoms with E-state index in [0.29, 0.717) is 12.6 Å². The Hall–Kier alpha value is -1.36. The lowest BCUT2D eigenvalue weighted by Crippen LogP contribution is -2.37. The third-order valence-electron chi connectivity index (χ3n) is 4.86. The molecule has 1 fully saturated rings. The van der Waals surface area contributed by atoms with Crippen molar-refractivity contribution in [2.75, 3.05) is 19.6 Å². The first kappa shape index (κ1) is 18.4. The second-order valence-corrected chi connectivity index (χ2v) is 7.50. The van der Waals surface area contributed by atoms with E-state index < -0.39 is 0 Å². The molecule has 0 aliphatic carbocycles. The van der Waals surface area contributed by atoms with Crippen LogP contribution in [0.15, 0.2) is 53.0 Å². The molecule has 2 aromatic rings. The molecule has 0 radical (unpaired) electrons. The van der Waals surface area contributed by atoms with Crippen LogP contribution in [0.25, 0.3) is 0 Å². The molecular weight excluding hydrogens is 376 g/mol. The molecule has 25 heavy (non-hydrogen) atoms. The van der Waals surface area contributed by atoms with E-state index in [-0.39, 0.29) is 0 Å². The zero-order valence-corrected chi connectivity index (χ0v) is 16.5. The van der Waals surface area contributed by atoms with E-state index >= 15 is 0 Å². The molecule has 2 aromatic carbocycles. The van der Waals surface area contributed by atoms with Crippen molar-refractivity contribution in [3.8, 4) is 5.75 Å². The van der Waals surface area contributed by atoms with Gasteiger partial charge in [0.05, 0.1) is 0 Å². The van der Waals surface area contributed by atoms with Crippen molar-refractivity contribution >= 4 is 15.9 Å². The fourth-order valence-corrected chi connectivity index (χ4v) is 3.89. The number of likely N-dealkylation sites (N-methyl/N-ethyl adjacent to an activating group) is 1. The fourth-order valence-electron chi connectivity index (χ4n) is 3.48. The lowest BCUT2D eigenvalue weighted by atomic mass is 10.1. The van der Waals surface area contributed by atoms with Crippen molar-refractivity contribution in [2.24, 2.45) is 0 Å². The van der Waals surface area contributed by atoms with Gasteiger partial charge in [-0.05, 0) is 49.7 Å². The van der Waals surface area contributed by atoms with Gasteiger partial charge in [-0.15, -0.1) is 0 Å². The maximum atomic E-state index is 6.07. The van der Waals surface area contributed by atoms with Crippen LogP contribution in [0.5, 0.6) is 5.75 Å². The zero-order chi connectivity index (χ0) is 17.5. The lowest BCUT2D eigenvalue weighted by molar-refractivity contribution is 0.259. The van der Waals surface area contributed by atoms with Crippen LogP contribution in [0.3, 0.4) is 0 Å². The highest BCUT2D eigenvalue weighted by Gasteiger charge is 2.22. The summed E-state index contributed by atoms with van der Waals surface area (Å²) in [6, 6.07) is 17.2. The molecule has 1 saturated heterocycles. The highest BCUT2D eigenvalue weighted by molar-refractivity contribution is 9.10. The van der Waals surface area contributed by atoms with Crippen LogP contribution in [0, 0.1) is 0 Å². The van der Waals surface area contributed by atoms with Gasteiger partial charge in [0.25, 0.3) is 0 Å². The number of hydrogen-bond donors (Lipinski definition) is 1. The standard InChI is InChI=1S/C21H27BrN2O/c1-2-24-12-6-9-20(24)15-23-14-18-13-19(22)10-11-21(18)25-16-17-7-4-3-5-8-17/h3-5,7-8,10-11,13,20,23H,2,6,9,12,14-16H2,1H3/t20-/m0/s1. The molecule has 1 N–H and O–H groups in total. The molecule has 1 aliphatic rings. The number of benzene rings is 2. The van der Waals surface area contributed by atoms with Gasteiger partial charge in [0.15, 0.2) is 0 Å². The maximum absolute atomic E-state index is 6.07. The molecule has 1 heterocycles. The third-order valence-corrected chi connectivity index (χ3v) is 5.35. The molecule has 3 nitrogen and oxygen atoms in total. The average Bonchev–Trinajstić information content (AvgIpc) is 3.09. The smallest absolute Gasteiger partial charge is 0.124 e. The number of halogens is 1. The normalized spacial score (nSPS) is 17.8. The van der Waals surface area contributed by atoms with Crippen LogP contribution < -0.4 is 10.1 Å². The monoisotopic (exact) mass is 402 g/mol. The van der Waals surface area contributed by atoms with Gasteiger partial charge < -0.3 is 10.1 Å². The van der Waals surface area contributed by atoms with Gasteiger partial charge in [-0.1, -0.05) is 53.2 Å². The Kier molecular flexibility index (Phi) is 6.91. The molecule has 134 valence electrons. The minimum Gasteiger partial charge on any atom is -0.489 e. The second kappa shape index (κ2) is 9.37. The van der Waals surface area contributed by atoms with Crippen molar-refractivity contribution in [3.05, 3.63) is 64.1 Å². The van der Waals surface area contributed by atoms with Gasteiger partial charge in [-0.3, -0.25) is 4.90 Å². The van der Waals surface area contributed by atoms with Gasteiger partial charge >= 0.3 is 0 Å². The SMILES string of the molecule is CCN1CCC[C@H]1CNCc1cc(Br)ccc1OCc1ccccc1. The first-order chi connectivity index (χ1) is 12.3. The Morgan fingerprint density at radius 3 is 2.84 bits per heavy atom. The summed E-state index contributed by atoms with van der Waals surface area (Å²) >= 11 is 3.58. The van der Waals surface area contributed by atoms with E-state index in [0.717, 1.165) is 29.9 Å². The summed E-state index contributed by atoms with van der Waals surface area (Å²) < 4.78 is 7.16. The molecule has 0 spiro atoms. The van der Waals surface area contributed by atoms with E-state index in [1.54, 1.807) is 0 Å². The fraction of sp³-hybridized carbons (Fsp3) is 0.429. The number of nitrogens with one attached hydrogen (secondary N) is 1. The Labute approximate surface area is 159 Å². The molecule has 0 amide bonds. The number of rotatable bonds is 8. The van der Waals surface area contributed by atoms with Crippen molar-refractivity contribution in [3.63, 3.8) is 0 Å². The third kappa shape index (κ3) is 5.30. The minimum atomic E-state index is 0.599. The predicted molar refractivity (Wildman–Crippen MR) is 107 cm³/mol. The molecule has 4 heteroatoms. The molecule has 0 aromatic heterocycles. The van der Waals surface area contributed by atoms with Gasteiger partial charge in [0, 0.05) is 29.2 Å². The molecule has 1 aliphatic heterocycles. The highest BCUT2D eigenvalue weighted by atomic mass is 79.9. The predicted octanol–water partition coefficient (Wildman–Crippen LogP) is 4.60. The van der Waals surface area contributed by atoms with Gasteiger partial charge in [0.2, 0.25) is 0 Å². The average molecular weight is 403 g/mol. The first-order valence-electron chi connectivity index (χ1n) is 9.16. The van der Waals surface area contributed by atoms with Gasteiger partial charge in [-0.25, -0.2) is 0 Å². The summed E-state index contributed by atoms with van der Waals surface area (Å²) in [4.78, 5) is 2.57. The summed E-state index contributed by atoms with van der Waals surface area (Å²) in [5.74, 6) is 0.957. The number of nitrogens with zero attached hydrogens (tertiary/aromatic N) is 1. The Morgan fingerprint density at radius 2 is 2.04 bits per heavy atom. The van der Waals surface area contributed by atoms with Crippen LogP contribution >= 0.6 is 15.9 Å². The van der Waals surface area contributed by atoms with Crippen LogP contribution in [0.2, 0.25) is 0 Å². The summed E-state index contributed by atoms with van der Waals surface area (Å²) in [7, 11) is 0.